The van der Waals surface area contributed by atoms with Crippen LogP contribution < -0.4 is 0 Å². The number of aliphatic imine (C=N–C) groups is 1. The second kappa shape index (κ2) is 8.33. The fourth-order valence-electron chi connectivity index (χ4n) is 5.51. The molecule has 1 heteroatoms. The lowest BCUT2D eigenvalue weighted by Crippen LogP contribution is -2.11. The topological polar surface area (TPSA) is 12.4 Å². The van der Waals surface area contributed by atoms with Gasteiger partial charge in [0.25, 0.3) is 0 Å². The molecule has 2 aliphatic rings. The Morgan fingerprint density at radius 2 is 1.55 bits per heavy atom. The summed E-state index contributed by atoms with van der Waals surface area (Å²) in [5, 5.41) is 5.38. The lowest BCUT2D eigenvalue weighted by Gasteiger charge is -2.25. The van der Waals surface area contributed by atoms with Gasteiger partial charge in [-0.3, -0.25) is 4.99 Å². The van der Waals surface area contributed by atoms with Crippen LogP contribution >= 0.6 is 0 Å². The van der Waals surface area contributed by atoms with Crippen molar-refractivity contribution in [2.24, 2.45) is 4.99 Å². The first-order valence-corrected chi connectivity index (χ1v) is 11.9. The maximum Gasteiger partial charge on any atom is 0.0438 e. The van der Waals surface area contributed by atoms with Gasteiger partial charge >= 0.3 is 0 Å². The zero-order chi connectivity index (χ0) is 22.2. The lowest BCUT2D eigenvalue weighted by molar-refractivity contribution is 0.843. The molecule has 0 saturated heterocycles. The monoisotopic (exact) mass is 425 g/mol. The summed E-state index contributed by atoms with van der Waals surface area (Å²) in [6.45, 7) is 2.17. The SMILES string of the molecule is Cc1cccc(-c2c3ccccc3c(C3C=CC=C(C4=NC=CCC4)C3)c3ccccc23)c1. The summed E-state index contributed by atoms with van der Waals surface area (Å²) in [7, 11) is 0. The number of hydrogen-bond acceptors (Lipinski definition) is 1. The lowest BCUT2D eigenvalue weighted by atomic mass is 9.79. The average molecular weight is 426 g/mol. The van der Waals surface area contributed by atoms with Gasteiger partial charge in [-0.25, -0.2) is 0 Å². The predicted molar refractivity (Wildman–Crippen MR) is 142 cm³/mol. The number of allylic oxidation sites excluding steroid dienone is 5. The first-order chi connectivity index (χ1) is 16.3. The Morgan fingerprint density at radius 1 is 0.818 bits per heavy atom. The fourth-order valence-corrected chi connectivity index (χ4v) is 5.51. The number of benzene rings is 4. The predicted octanol–water partition coefficient (Wildman–Crippen LogP) is 8.69. The average Bonchev–Trinajstić information content (AvgIpc) is 2.88. The third-order valence-electron chi connectivity index (χ3n) is 6.99. The van der Waals surface area contributed by atoms with E-state index >= 15 is 0 Å². The van der Waals surface area contributed by atoms with Gasteiger partial charge < -0.3 is 0 Å². The van der Waals surface area contributed by atoms with E-state index in [1.165, 1.54) is 55.1 Å². The molecule has 1 heterocycles. The highest BCUT2D eigenvalue weighted by molar-refractivity contribution is 6.15. The van der Waals surface area contributed by atoms with E-state index < -0.39 is 0 Å². The van der Waals surface area contributed by atoms with Crippen molar-refractivity contribution in [2.75, 3.05) is 0 Å². The molecular weight excluding hydrogens is 398 g/mol. The molecule has 1 aliphatic heterocycles. The first kappa shape index (κ1) is 19.9. The summed E-state index contributed by atoms with van der Waals surface area (Å²) in [5.41, 5.74) is 7.98. The third kappa shape index (κ3) is 3.54. The van der Waals surface area contributed by atoms with Gasteiger partial charge in [0.2, 0.25) is 0 Å². The van der Waals surface area contributed by atoms with E-state index in [1.807, 2.05) is 6.20 Å². The van der Waals surface area contributed by atoms with E-state index in [0.29, 0.717) is 5.92 Å². The van der Waals surface area contributed by atoms with Crippen molar-refractivity contribution in [1.29, 1.82) is 0 Å². The number of fused-ring (bicyclic) bond motifs is 2. The summed E-state index contributed by atoms with van der Waals surface area (Å²) in [6, 6.07) is 26.8. The maximum absolute atomic E-state index is 4.70. The molecule has 160 valence electrons. The van der Waals surface area contributed by atoms with Crippen molar-refractivity contribution >= 4 is 27.3 Å². The molecule has 0 amide bonds. The quantitative estimate of drug-likeness (QED) is 0.291. The molecule has 0 saturated carbocycles. The number of aryl methyl sites for hydroxylation is 1. The Bertz CT molecular complexity index is 1440. The molecule has 0 radical (unpaired) electrons. The van der Waals surface area contributed by atoms with Crippen LogP contribution in [-0.2, 0) is 0 Å². The molecule has 1 aliphatic carbocycles. The van der Waals surface area contributed by atoms with Gasteiger partial charge in [0.05, 0.1) is 0 Å². The van der Waals surface area contributed by atoms with Crippen LogP contribution in [0.4, 0.5) is 0 Å². The van der Waals surface area contributed by atoms with Gasteiger partial charge in [0, 0.05) is 17.8 Å². The molecule has 1 atom stereocenters. The number of rotatable bonds is 3. The molecule has 1 unspecified atom stereocenters. The summed E-state index contributed by atoms with van der Waals surface area (Å²) in [5.74, 6) is 0.333. The molecule has 0 spiro atoms. The maximum atomic E-state index is 4.70. The van der Waals surface area contributed by atoms with Gasteiger partial charge in [-0.1, -0.05) is 103 Å². The molecule has 33 heavy (non-hydrogen) atoms. The van der Waals surface area contributed by atoms with Crippen LogP contribution in [0.1, 0.15) is 36.3 Å². The van der Waals surface area contributed by atoms with Crippen LogP contribution in [-0.4, -0.2) is 5.71 Å². The largest absolute Gasteiger partial charge is 0.261 e. The summed E-state index contributed by atoms with van der Waals surface area (Å²) in [4.78, 5) is 4.70. The molecule has 0 bridgehead atoms. The summed E-state index contributed by atoms with van der Waals surface area (Å²) < 4.78 is 0. The Labute approximate surface area is 195 Å². The zero-order valence-corrected chi connectivity index (χ0v) is 19.0. The Hall–Kier alpha value is -3.71. The standard InChI is InChI=1S/C32H27N/c1-22-10-8-12-24(20-22)31-26-14-2-4-16-28(26)32(29-17-5-3-15-27(29)31)25-13-9-11-23(21-25)30-18-6-7-19-33-30/h2-5,7-17,19-20,25H,6,18,21H2,1H3. The molecule has 4 aromatic rings. The highest BCUT2D eigenvalue weighted by Crippen LogP contribution is 2.44. The van der Waals surface area contributed by atoms with Gasteiger partial charge in [0.15, 0.2) is 0 Å². The molecule has 1 nitrogen and oxygen atoms in total. The number of nitrogens with zero attached hydrogens (tertiary/aromatic N) is 1. The minimum absolute atomic E-state index is 0.333. The fraction of sp³-hybridized carbons (Fsp3) is 0.156. The van der Waals surface area contributed by atoms with Crippen molar-refractivity contribution in [3.05, 3.63) is 120 Å². The molecule has 4 aromatic carbocycles. The minimum Gasteiger partial charge on any atom is -0.261 e. The normalized spacial score (nSPS) is 17.9. The van der Waals surface area contributed by atoms with E-state index in [-0.39, 0.29) is 0 Å². The van der Waals surface area contributed by atoms with Crippen LogP contribution in [0.25, 0.3) is 32.7 Å². The summed E-state index contributed by atoms with van der Waals surface area (Å²) >= 11 is 0. The van der Waals surface area contributed by atoms with Gasteiger partial charge in [-0.2, -0.15) is 0 Å². The van der Waals surface area contributed by atoms with E-state index in [0.717, 1.165) is 19.3 Å². The molecule has 0 aromatic heterocycles. The zero-order valence-electron chi connectivity index (χ0n) is 19.0. The molecule has 0 N–H and O–H groups in total. The summed E-state index contributed by atoms with van der Waals surface area (Å²) in [6.07, 6.45) is 14.1. The van der Waals surface area contributed by atoms with Crippen LogP contribution in [0, 0.1) is 6.92 Å². The second-order valence-corrected chi connectivity index (χ2v) is 9.14. The van der Waals surface area contributed by atoms with Gasteiger partial charge in [-0.05, 0) is 70.0 Å². The van der Waals surface area contributed by atoms with Gasteiger partial charge in [0.1, 0.15) is 0 Å². The van der Waals surface area contributed by atoms with Crippen LogP contribution in [0.15, 0.2) is 114 Å². The Kier molecular flexibility index (Phi) is 5.03. The van der Waals surface area contributed by atoms with Crippen LogP contribution in [0.3, 0.4) is 0 Å². The van der Waals surface area contributed by atoms with Crippen molar-refractivity contribution in [3.8, 4) is 11.1 Å². The number of hydrogen-bond donors (Lipinski definition) is 0. The second-order valence-electron chi connectivity index (χ2n) is 9.14. The van der Waals surface area contributed by atoms with E-state index in [2.05, 4.69) is 104 Å². The van der Waals surface area contributed by atoms with Crippen molar-refractivity contribution in [3.63, 3.8) is 0 Å². The van der Waals surface area contributed by atoms with Crippen molar-refractivity contribution in [1.82, 2.24) is 0 Å². The van der Waals surface area contributed by atoms with E-state index in [9.17, 15) is 0 Å². The van der Waals surface area contributed by atoms with Gasteiger partial charge in [-0.15, -0.1) is 0 Å². The Balaban J connectivity index is 1.59. The van der Waals surface area contributed by atoms with Crippen molar-refractivity contribution < 1.29 is 0 Å². The smallest absolute Gasteiger partial charge is 0.0438 e. The molecule has 6 rings (SSSR count). The molecule has 0 fully saturated rings. The van der Waals surface area contributed by atoms with Crippen LogP contribution in [0.5, 0.6) is 0 Å². The highest BCUT2D eigenvalue weighted by atomic mass is 14.7. The van der Waals surface area contributed by atoms with Crippen molar-refractivity contribution in [2.45, 2.75) is 32.1 Å². The minimum atomic E-state index is 0.333. The molecular formula is C32H27N. The van der Waals surface area contributed by atoms with E-state index in [4.69, 9.17) is 4.99 Å². The highest BCUT2D eigenvalue weighted by Gasteiger charge is 2.23. The van der Waals surface area contributed by atoms with E-state index in [1.54, 1.807) is 0 Å². The Morgan fingerprint density at radius 3 is 2.21 bits per heavy atom. The third-order valence-corrected chi connectivity index (χ3v) is 6.99. The first-order valence-electron chi connectivity index (χ1n) is 11.9. The van der Waals surface area contributed by atoms with Crippen LogP contribution in [0.2, 0.25) is 0 Å².